The highest BCUT2D eigenvalue weighted by atomic mass is 35.5. The van der Waals surface area contributed by atoms with E-state index in [0.29, 0.717) is 0 Å². The summed E-state index contributed by atoms with van der Waals surface area (Å²) >= 11 is 13.5. The van der Waals surface area contributed by atoms with Gasteiger partial charge in [0.15, 0.2) is 0 Å². The van der Waals surface area contributed by atoms with E-state index in [4.69, 9.17) is 23.4 Å². The lowest BCUT2D eigenvalue weighted by Crippen LogP contribution is -2.33. The molecule has 12 heavy (non-hydrogen) atoms. The summed E-state index contributed by atoms with van der Waals surface area (Å²) in [5.41, 5.74) is 1.06. The lowest BCUT2D eigenvalue weighted by atomic mass is 10.3. The number of fused-ring (bicyclic) bond motifs is 1. The molecule has 1 aliphatic rings. The number of nitrogens with zero attached hydrogens (tertiary/aromatic N) is 2. The monoisotopic (exact) mass is 222 g/mol. The molecule has 2 heterocycles. The topological polar surface area (TPSA) is 6.48 Å². The highest BCUT2D eigenvalue weighted by Gasteiger charge is 2.21. The van der Waals surface area contributed by atoms with E-state index in [9.17, 15) is 0 Å². The Morgan fingerprint density at radius 2 is 2.33 bits per heavy atom. The van der Waals surface area contributed by atoms with E-state index in [1.807, 2.05) is 13.1 Å². The SMILES string of the molecule is CN1Cc2sc(Cl)cc2N(Cl)C1. The molecule has 1 aromatic rings. The molecule has 0 atom stereocenters. The number of hydrogen-bond acceptors (Lipinski definition) is 3. The lowest BCUT2D eigenvalue weighted by molar-refractivity contribution is 0.331. The molecule has 0 saturated carbocycles. The molecular weight excluding hydrogens is 215 g/mol. The molecule has 1 aromatic heterocycles. The van der Waals surface area contributed by atoms with Crippen LogP contribution in [0.1, 0.15) is 4.88 Å². The van der Waals surface area contributed by atoms with Gasteiger partial charge >= 0.3 is 0 Å². The van der Waals surface area contributed by atoms with Gasteiger partial charge in [0, 0.05) is 23.2 Å². The summed E-state index contributed by atoms with van der Waals surface area (Å²) in [5, 5.41) is 0. The van der Waals surface area contributed by atoms with Gasteiger partial charge in [-0.05, 0) is 13.1 Å². The molecule has 2 nitrogen and oxygen atoms in total. The largest absolute Gasteiger partial charge is 0.283 e. The van der Waals surface area contributed by atoms with Crippen LogP contribution in [0.5, 0.6) is 0 Å². The third kappa shape index (κ3) is 1.42. The van der Waals surface area contributed by atoms with Crippen molar-refractivity contribution in [3.8, 4) is 0 Å². The molecule has 0 amide bonds. The van der Waals surface area contributed by atoms with Crippen LogP contribution >= 0.6 is 34.7 Å². The normalized spacial score (nSPS) is 18.1. The van der Waals surface area contributed by atoms with Gasteiger partial charge in [-0.2, -0.15) is 0 Å². The minimum absolute atomic E-state index is 0.752. The summed E-state index contributed by atoms with van der Waals surface area (Å²) in [6, 6.07) is 1.92. The second-order valence-electron chi connectivity index (χ2n) is 2.88. The Morgan fingerprint density at radius 1 is 1.58 bits per heavy atom. The van der Waals surface area contributed by atoms with Crippen LogP contribution in [0, 0.1) is 0 Å². The molecule has 0 unspecified atom stereocenters. The molecule has 0 saturated heterocycles. The van der Waals surface area contributed by atoms with E-state index in [1.54, 1.807) is 15.8 Å². The summed E-state index contributed by atoms with van der Waals surface area (Å²) in [4.78, 5) is 3.38. The maximum Gasteiger partial charge on any atom is 0.0953 e. The third-order valence-corrected chi connectivity index (χ3v) is 3.32. The number of thiophene rings is 1. The fourth-order valence-corrected chi connectivity index (χ4v) is 3.02. The Bertz CT molecular complexity index is 300. The maximum absolute atomic E-state index is 6.00. The average molecular weight is 223 g/mol. The highest BCUT2D eigenvalue weighted by Crippen LogP contribution is 2.37. The molecule has 0 bridgehead atoms. The highest BCUT2D eigenvalue weighted by molar-refractivity contribution is 7.16. The van der Waals surface area contributed by atoms with Crippen LogP contribution < -0.4 is 4.42 Å². The Labute approximate surface area is 85.4 Å². The third-order valence-electron chi connectivity index (χ3n) is 1.80. The van der Waals surface area contributed by atoms with Crippen LogP contribution in [-0.4, -0.2) is 18.6 Å². The van der Waals surface area contributed by atoms with Crippen LogP contribution in [0.15, 0.2) is 6.07 Å². The molecular formula is C7H8Cl2N2S. The van der Waals surface area contributed by atoms with Crippen molar-refractivity contribution < 1.29 is 0 Å². The molecule has 0 aliphatic carbocycles. The summed E-state index contributed by atoms with van der Waals surface area (Å²) in [5.74, 6) is 0. The van der Waals surface area contributed by atoms with E-state index in [2.05, 4.69) is 4.90 Å². The van der Waals surface area contributed by atoms with E-state index in [1.165, 1.54) is 4.88 Å². The van der Waals surface area contributed by atoms with Gasteiger partial charge in [0.1, 0.15) is 0 Å². The summed E-state index contributed by atoms with van der Waals surface area (Å²) in [7, 11) is 2.03. The zero-order valence-electron chi connectivity index (χ0n) is 6.55. The molecule has 0 radical (unpaired) electrons. The van der Waals surface area contributed by atoms with Crippen LogP contribution in [0.2, 0.25) is 4.34 Å². The van der Waals surface area contributed by atoms with Crippen LogP contribution in [0.25, 0.3) is 0 Å². The predicted molar refractivity (Wildman–Crippen MR) is 54.0 cm³/mol. The van der Waals surface area contributed by atoms with Crippen LogP contribution in [-0.2, 0) is 6.54 Å². The number of rotatable bonds is 0. The minimum Gasteiger partial charge on any atom is -0.283 e. The van der Waals surface area contributed by atoms with E-state index >= 15 is 0 Å². The molecule has 0 N–H and O–H groups in total. The van der Waals surface area contributed by atoms with Gasteiger partial charge in [0.05, 0.1) is 16.7 Å². The van der Waals surface area contributed by atoms with Gasteiger partial charge in [-0.3, -0.25) is 9.32 Å². The van der Waals surface area contributed by atoms with E-state index in [-0.39, 0.29) is 0 Å². The average Bonchev–Trinajstić information content (AvgIpc) is 2.29. The molecule has 5 heteroatoms. The van der Waals surface area contributed by atoms with E-state index in [0.717, 1.165) is 23.2 Å². The Morgan fingerprint density at radius 3 is 3.08 bits per heavy atom. The maximum atomic E-state index is 6.00. The van der Waals surface area contributed by atoms with Crippen molar-refractivity contribution in [2.24, 2.45) is 0 Å². The summed E-state index contributed by atoms with van der Waals surface area (Å²) < 4.78 is 2.50. The molecule has 0 fully saturated rings. The van der Waals surface area contributed by atoms with Gasteiger partial charge in [0.25, 0.3) is 0 Å². The van der Waals surface area contributed by atoms with Crippen molar-refractivity contribution >= 4 is 40.4 Å². The van der Waals surface area contributed by atoms with Gasteiger partial charge < -0.3 is 0 Å². The zero-order chi connectivity index (χ0) is 8.72. The smallest absolute Gasteiger partial charge is 0.0953 e. The first kappa shape index (κ1) is 8.63. The molecule has 66 valence electrons. The van der Waals surface area contributed by atoms with Crippen molar-refractivity contribution in [2.45, 2.75) is 6.54 Å². The van der Waals surface area contributed by atoms with Crippen LogP contribution in [0.4, 0.5) is 5.69 Å². The van der Waals surface area contributed by atoms with Gasteiger partial charge in [0.2, 0.25) is 0 Å². The fourth-order valence-electron chi connectivity index (χ4n) is 1.29. The first-order valence-electron chi connectivity index (χ1n) is 3.57. The number of anilines is 1. The standard InChI is InChI=1S/C7H8Cl2N2S/c1-10-3-6-5(11(9)4-10)2-7(8)12-6/h2H,3-4H2,1H3. The van der Waals surface area contributed by atoms with Crippen molar-refractivity contribution in [3.63, 3.8) is 0 Å². The second-order valence-corrected chi connectivity index (χ2v) is 5.05. The summed E-state index contributed by atoms with van der Waals surface area (Å²) in [6.07, 6.45) is 0. The summed E-state index contributed by atoms with van der Waals surface area (Å²) in [6.45, 7) is 1.69. The van der Waals surface area contributed by atoms with E-state index < -0.39 is 0 Å². The predicted octanol–water partition coefficient (Wildman–Crippen LogP) is 2.76. The first-order chi connectivity index (χ1) is 5.66. The lowest BCUT2D eigenvalue weighted by Gasteiger charge is -2.28. The van der Waals surface area contributed by atoms with Crippen molar-refractivity contribution in [3.05, 3.63) is 15.3 Å². The Balaban J connectivity index is 2.40. The van der Waals surface area contributed by atoms with Gasteiger partial charge in [-0.1, -0.05) is 11.6 Å². The van der Waals surface area contributed by atoms with Crippen LogP contribution in [0.3, 0.4) is 0 Å². The second kappa shape index (κ2) is 3.07. The van der Waals surface area contributed by atoms with Gasteiger partial charge in [-0.25, -0.2) is 0 Å². The van der Waals surface area contributed by atoms with Gasteiger partial charge in [-0.15, -0.1) is 11.3 Å². The molecule has 0 spiro atoms. The Hall–Kier alpha value is 0.0400. The van der Waals surface area contributed by atoms with Crippen molar-refractivity contribution in [2.75, 3.05) is 18.1 Å². The molecule has 1 aliphatic heterocycles. The van der Waals surface area contributed by atoms with Crippen molar-refractivity contribution in [1.29, 1.82) is 0 Å². The molecule has 2 rings (SSSR count). The quantitative estimate of drug-likeness (QED) is 0.624. The molecule has 0 aromatic carbocycles. The van der Waals surface area contributed by atoms with Crippen molar-refractivity contribution in [1.82, 2.24) is 4.90 Å². The Kier molecular flexibility index (Phi) is 2.21. The number of halogens is 2. The minimum atomic E-state index is 0.752. The fraction of sp³-hybridized carbons (Fsp3) is 0.429. The zero-order valence-corrected chi connectivity index (χ0v) is 8.88. The number of hydrogen-bond donors (Lipinski definition) is 0. The first-order valence-corrected chi connectivity index (χ1v) is 5.10.